The molecule has 1 aliphatic rings. The number of nitrogens with zero attached hydrogens (tertiary/aromatic N) is 1. The maximum atomic E-state index is 5.39. The molecule has 0 amide bonds. The summed E-state index contributed by atoms with van der Waals surface area (Å²) in [5, 5.41) is 3.53. The second-order valence-electron chi connectivity index (χ2n) is 5.82. The Morgan fingerprint density at radius 1 is 1.25 bits per heavy atom. The molecule has 0 spiro atoms. The van der Waals surface area contributed by atoms with E-state index < -0.39 is 0 Å². The minimum atomic E-state index is 0.168. The summed E-state index contributed by atoms with van der Waals surface area (Å²) in [4.78, 5) is 2.46. The van der Waals surface area contributed by atoms with Crippen LogP contribution < -0.4 is 14.8 Å². The zero-order valence-electron chi connectivity index (χ0n) is 12.6. The van der Waals surface area contributed by atoms with Crippen LogP contribution in [-0.2, 0) is 6.54 Å². The van der Waals surface area contributed by atoms with E-state index in [0.29, 0.717) is 0 Å². The summed E-state index contributed by atoms with van der Waals surface area (Å²) in [6, 6.07) is 4.03. The van der Waals surface area contributed by atoms with E-state index in [2.05, 4.69) is 46.1 Å². The van der Waals surface area contributed by atoms with Crippen LogP contribution in [0.4, 0.5) is 0 Å². The lowest BCUT2D eigenvalue weighted by Gasteiger charge is -2.39. The van der Waals surface area contributed by atoms with Crippen molar-refractivity contribution in [3.63, 3.8) is 0 Å². The highest BCUT2D eigenvalue weighted by Gasteiger charge is 2.26. The normalized spacial score (nSPS) is 18.9. The van der Waals surface area contributed by atoms with Crippen LogP contribution in [0.1, 0.15) is 19.4 Å². The highest BCUT2D eigenvalue weighted by molar-refractivity contribution is 9.10. The molecule has 2 rings (SSSR count). The van der Waals surface area contributed by atoms with Crippen LogP contribution in [0, 0.1) is 0 Å². The zero-order chi connectivity index (χ0) is 14.8. The average molecular weight is 343 g/mol. The van der Waals surface area contributed by atoms with Crippen molar-refractivity contribution in [3.8, 4) is 11.5 Å². The van der Waals surface area contributed by atoms with Gasteiger partial charge in [0, 0.05) is 36.2 Å². The maximum Gasteiger partial charge on any atom is 0.161 e. The monoisotopic (exact) mass is 342 g/mol. The number of nitrogens with one attached hydrogen (secondary N) is 1. The molecule has 1 saturated heterocycles. The molecule has 1 aromatic rings. The smallest absolute Gasteiger partial charge is 0.161 e. The van der Waals surface area contributed by atoms with Gasteiger partial charge < -0.3 is 14.8 Å². The summed E-state index contributed by atoms with van der Waals surface area (Å²) in [6.07, 6.45) is 0. The van der Waals surface area contributed by atoms with E-state index in [0.717, 1.165) is 42.2 Å². The van der Waals surface area contributed by atoms with Gasteiger partial charge in [-0.3, -0.25) is 4.90 Å². The molecule has 1 aliphatic heterocycles. The Bertz CT molecular complexity index is 477. The summed E-state index contributed by atoms with van der Waals surface area (Å²) in [5.74, 6) is 1.53. The number of hydrogen-bond donors (Lipinski definition) is 1. The van der Waals surface area contributed by atoms with E-state index in [-0.39, 0.29) is 5.54 Å². The molecule has 1 heterocycles. The van der Waals surface area contributed by atoms with E-state index >= 15 is 0 Å². The topological polar surface area (TPSA) is 33.7 Å². The van der Waals surface area contributed by atoms with E-state index in [9.17, 15) is 0 Å². The second kappa shape index (κ2) is 6.33. The molecule has 0 radical (unpaired) electrons. The molecule has 112 valence electrons. The number of piperazine rings is 1. The van der Waals surface area contributed by atoms with Crippen LogP contribution >= 0.6 is 15.9 Å². The molecular formula is C15H23BrN2O2. The van der Waals surface area contributed by atoms with Crippen molar-refractivity contribution >= 4 is 15.9 Å². The second-order valence-corrected chi connectivity index (χ2v) is 6.67. The molecule has 0 aliphatic carbocycles. The lowest BCUT2D eigenvalue weighted by Crippen LogP contribution is -2.56. The third-order valence-electron chi connectivity index (χ3n) is 3.60. The summed E-state index contributed by atoms with van der Waals surface area (Å²) < 4.78 is 11.8. The molecule has 4 nitrogen and oxygen atoms in total. The average Bonchev–Trinajstić information content (AvgIpc) is 2.39. The highest BCUT2D eigenvalue weighted by atomic mass is 79.9. The van der Waals surface area contributed by atoms with Crippen LogP contribution in [0.25, 0.3) is 0 Å². The number of benzene rings is 1. The van der Waals surface area contributed by atoms with Crippen molar-refractivity contribution in [1.29, 1.82) is 0 Å². The Balaban J connectivity index is 2.16. The van der Waals surface area contributed by atoms with Gasteiger partial charge in [-0.15, -0.1) is 0 Å². The fourth-order valence-electron chi connectivity index (χ4n) is 2.64. The lowest BCUT2D eigenvalue weighted by atomic mass is 10.0. The molecule has 0 atom stereocenters. The van der Waals surface area contributed by atoms with Crippen molar-refractivity contribution in [1.82, 2.24) is 10.2 Å². The van der Waals surface area contributed by atoms with E-state index in [1.165, 1.54) is 5.56 Å². The predicted molar refractivity (Wildman–Crippen MR) is 84.6 cm³/mol. The van der Waals surface area contributed by atoms with Gasteiger partial charge in [-0.25, -0.2) is 0 Å². The Kier molecular flexibility index (Phi) is 4.94. The quantitative estimate of drug-likeness (QED) is 0.911. The Morgan fingerprint density at radius 3 is 2.50 bits per heavy atom. The molecule has 0 bridgehead atoms. The van der Waals surface area contributed by atoms with Gasteiger partial charge in [0.25, 0.3) is 0 Å². The van der Waals surface area contributed by atoms with Crippen LogP contribution in [0.15, 0.2) is 16.6 Å². The highest BCUT2D eigenvalue weighted by Crippen LogP contribution is 2.34. The first-order chi connectivity index (χ1) is 9.45. The van der Waals surface area contributed by atoms with Gasteiger partial charge >= 0.3 is 0 Å². The first-order valence-electron chi connectivity index (χ1n) is 6.83. The zero-order valence-corrected chi connectivity index (χ0v) is 14.2. The standard InChI is InChI=1S/C15H23BrN2O2/c1-15(2)10-18(6-5-17-15)9-11-7-13(19-3)14(20-4)8-12(11)16/h7-8,17H,5-6,9-10H2,1-4H3. The number of ether oxygens (including phenoxy) is 2. The number of rotatable bonds is 4. The number of halogens is 1. The van der Waals surface area contributed by atoms with Gasteiger partial charge in [0.2, 0.25) is 0 Å². The third-order valence-corrected chi connectivity index (χ3v) is 4.34. The molecular weight excluding hydrogens is 320 g/mol. The fourth-order valence-corrected chi connectivity index (χ4v) is 3.09. The van der Waals surface area contributed by atoms with Crippen LogP contribution in [0.5, 0.6) is 11.5 Å². The van der Waals surface area contributed by atoms with Crippen molar-refractivity contribution in [2.45, 2.75) is 25.9 Å². The molecule has 0 aromatic heterocycles. The predicted octanol–water partition coefficient (Wildman–Crippen LogP) is 2.65. The largest absolute Gasteiger partial charge is 0.493 e. The Hall–Kier alpha value is -0.780. The Labute approximate surface area is 129 Å². The third kappa shape index (κ3) is 3.65. The molecule has 0 unspecified atom stereocenters. The van der Waals surface area contributed by atoms with E-state index in [1.54, 1.807) is 14.2 Å². The van der Waals surface area contributed by atoms with Gasteiger partial charge in [0.15, 0.2) is 11.5 Å². The number of hydrogen-bond acceptors (Lipinski definition) is 4. The van der Waals surface area contributed by atoms with Gasteiger partial charge in [0.05, 0.1) is 14.2 Å². The molecule has 1 fully saturated rings. The van der Waals surface area contributed by atoms with Gasteiger partial charge in [-0.1, -0.05) is 15.9 Å². The van der Waals surface area contributed by atoms with Crippen molar-refractivity contribution < 1.29 is 9.47 Å². The van der Waals surface area contributed by atoms with Gasteiger partial charge in [-0.05, 0) is 31.5 Å². The summed E-state index contributed by atoms with van der Waals surface area (Å²) in [5.41, 5.74) is 1.39. The molecule has 5 heteroatoms. The maximum absolute atomic E-state index is 5.39. The summed E-state index contributed by atoms with van der Waals surface area (Å²) >= 11 is 3.63. The van der Waals surface area contributed by atoms with E-state index in [4.69, 9.17) is 9.47 Å². The van der Waals surface area contributed by atoms with E-state index in [1.807, 2.05) is 6.07 Å². The van der Waals surface area contributed by atoms with Crippen molar-refractivity contribution in [3.05, 3.63) is 22.2 Å². The lowest BCUT2D eigenvalue weighted by molar-refractivity contribution is 0.148. The molecule has 20 heavy (non-hydrogen) atoms. The first kappa shape index (κ1) is 15.6. The summed E-state index contributed by atoms with van der Waals surface area (Å²) in [6.45, 7) is 8.51. The minimum Gasteiger partial charge on any atom is -0.493 e. The van der Waals surface area contributed by atoms with Crippen LogP contribution in [0.2, 0.25) is 0 Å². The number of methoxy groups -OCH3 is 2. The Morgan fingerprint density at radius 2 is 1.90 bits per heavy atom. The molecule has 0 saturated carbocycles. The SMILES string of the molecule is COc1cc(Br)c(CN2CCNC(C)(C)C2)cc1OC. The van der Waals surface area contributed by atoms with Crippen LogP contribution in [0.3, 0.4) is 0 Å². The van der Waals surface area contributed by atoms with Crippen LogP contribution in [-0.4, -0.2) is 44.3 Å². The van der Waals surface area contributed by atoms with Gasteiger partial charge in [0.1, 0.15) is 0 Å². The van der Waals surface area contributed by atoms with Crippen molar-refractivity contribution in [2.75, 3.05) is 33.9 Å². The molecule has 1 aromatic carbocycles. The first-order valence-corrected chi connectivity index (χ1v) is 7.62. The fraction of sp³-hybridized carbons (Fsp3) is 0.600. The minimum absolute atomic E-state index is 0.168. The van der Waals surface area contributed by atoms with Crippen molar-refractivity contribution in [2.24, 2.45) is 0 Å². The molecule has 1 N–H and O–H groups in total. The van der Waals surface area contributed by atoms with Gasteiger partial charge in [-0.2, -0.15) is 0 Å². The summed E-state index contributed by atoms with van der Waals surface area (Å²) in [7, 11) is 3.33.